The van der Waals surface area contributed by atoms with E-state index in [-0.39, 0.29) is 0 Å². The van der Waals surface area contributed by atoms with Gasteiger partial charge in [-0.25, -0.2) is 4.98 Å². The second kappa shape index (κ2) is 6.19. The number of ether oxygens (including phenoxy) is 1. The first kappa shape index (κ1) is 16.4. The molecule has 3 aromatic rings. The van der Waals surface area contributed by atoms with Crippen molar-refractivity contribution < 1.29 is 17.9 Å². The summed E-state index contributed by atoms with van der Waals surface area (Å²) in [5.74, 6) is 1.49. The van der Waals surface area contributed by atoms with E-state index in [2.05, 4.69) is 4.98 Å². The topological polar surface area (TPSA) is 26.5 Å². The van der Waals surface area contributed by atoms with Gasteiger partial charge in [0.1, 0.15) is 5.82 Å². The second-order valence-corrected chi connectivity index (χ2v) is 5.49. The molecule has 0 N–H and O–H groups in total. The highest BCUT2D eigenvalue weighted by Gasteiger charge is 2.30. The zero-order valence-electron chi connectivity index (χ0n) is 13.4. The standard InChI is InChI=1S/C18H17F3N2O/c1-3-5-15-22-17(14-6-4-7-16(24-2)23(14)15)12-8-10-13(11-9-12)18(19,20)21/h4,6-11H,3,5H2,1-2H3. The smallest absolute Gasteiger partial charge is 0.416 e. The molecule has 3 rings (SSSR count). The Labute approximate surface area is 137 Å². The van der Waals surface area contributed by atoms with Crippen LogP contribution in [0.3, 0.4) is 0 Å². The van der Waals surface area contributed by atoms with Crippen LogP contribution in [0.15, 0.2) is 42.5 Å². The molecule has 0 aliphatic heterocycles. The van der Waals surface area contributed by atoms with Gasteiger partial charge in [0.05, 0.1) is 23.9 Å². The summed E-state index contributed by atoms with van der Waals surface area (Å²) in [5, 5.41) is 0. The second-order valence-electron chi connectivity index (χ2n) is 5.49. The Morgan fingerprint density at radius 3 is 2.38 bits per heavy atom. The molecule has 0 saturated carbocycles. The van der Waals surface area contributed by atoms with Crippen LogP contribution in [0.5, 0.6) is 5.88 Å². The average molecular weight is 334 g/mol. The van der Waals surface area contributed by atoms with Crippen LogP contribution in [-0.2, 0) is 12.6 Å². The largest absolute Gasteiger partial charge is 0.482 e. The SMILES string of the molecule is CCCc1nc(-c2ccc(C(F)(F)F)cc2)c2cccc(OC)n12. The monoisotopic (exact) mass is 334 g/mol. The molecule has 0 saturated heterocycles. The van der Waals surface area contributed by atoms with Crippen molar-refractivity contribution in [3.8, 4) is 17.1 Å². The average Bonchev–Trinajstić information content (AvgIpc) is 2.93. The van der Waals surface area contributed by atoms with Crippen molar-refractivity contribution in [2.75, 3.05) is 7.11 Å². The van der Waals surface area contributed by atoms with E-state index in [4.69, 9.17) is 4.74 Å². The molecule has 0 fully saturated rings. The van der Waals surface area contributed by atoms with Gasteiger partial charge in [0.2, 0.25) is 0 Å². The Morgan fingerprint density at radius 2 is 1.79 bits per heavy atom. The minimum Gasteiger partial charge on any atom is -0.482 e. The van der Waals surface area contributed by atoms with Gasteiger partial charge in [-0.1, -0.05) is 25.1 Å². The fourth-order valence-electron chi connectivity index (χ4n) is 2.76. The van der Waals surface area contributed by atoms with Gasteiger partial charge in [-0.15, -0.1) is 0 Å². The Balaban J connectivity index is 2.16. The van der Waals surface area contributed by atoms with Crippen molar-refractivity contribution in [1.82, 2.24) is 9.38 Å². The zero-order chi connectivity index (χ0) is 17.3. The maximum Gasteiger partial charge on any atom is 0.416 e. The van der Waals surface area contributed by atoms with E-state index in [1.165, 1.54) is 12.1 Å². The van der Waals surface area contributed by atoms with Crippen LogP contribution in [0.4, 0.5) is 13.2 Å². The molecule has 2 heterocycles. The molecule has 0 radical (unpaired) electrons. The number of hydrogen-bond acceptors (Lipinski definition) is 2. The predicted molar refractivity (Wildman–Crippen MR) is 86.2 cm³/mol. The van der Waals surface area contributed by atoms with Gasteiger partial charge in [0.25, 0.3) is 0 Å². The molecule has 3 nitrogen and oxygen atoms in total. The number of aromatic nitrogens is 2. The molecule has 0 atom stereocenters. The number of halogens is 3. The molecule has 0 amide bonds. The van der Waals surface area contributed by atoms with Crippen molar-refractivity contribution in [2.24, 2.45) is 0 Å². The number of fused-ring (bicyclic) bond motifs is 1. The molecule has 2 aromatic heterocycles. The van der Waals surface area contributed by atoms with Crippen LogP contribution in [0.2, 0.25) is 0 Å². The number of imidazole rings is 1. The van der Waals surface area contributed by atoms with Gasteiger partial charge in [-0.3, -0.25) is 4.40 Å². The summed E-state index contributed by atoms with van der Waals surface area (Å²) in [6.07, 6.45) is -2.68. The lowest BCUT2D eigenvalue weighted by Crippen LogP contribution is -2.04. The fraction of sp³-hybridized carbons (Fsp3) is 0.278. The van der Waals surface area contributed by atoms with Gasteiger partial charge in [0, 0.05) is 12.0 Å². The minimum atomic E-state index is -4.34. The number of pyridine rings is 1. The summed E-state index contributed by atoms with van der Waals surface area (Å²) in [6.45, 7) is 2.05. The highest BCUT2D eigenvalue weighted by Crippen LogP contribution is 2.33. The molecule has 0 unspecified atom stereocenters. The molecule has 0 bridgehead atoms. The van der Waals surface area contributed by atoms with E-state index in [0.717, 1.165) is 36.3 Å². The van der Waals surface area contributed by atoms with E-state index in [1.807, 2.05) is 29.5 Å². The maximum absolute atomic E-state index is 12.7. The molecule has 126 valence electrons. The van der Waals surface area contributed by atoms with Crippen LogP contribution in [0.25, 0.3) is 16.8 Å². The lowest BCUT2D eigenvalue weighted by molar-refractivity contribution is -0.137. The summed E-state index contributed by atoms with van der Waals surface area (Å²) in [4.78, 5) is 4.65. The summed E-state index contributed by atoms with van der Waals surface area (Å²) in [6, 6.07) is 10.7. The summed E-state index contributed by atoms with van der Waals surface area (Å²) < 4.78 is 45.5. The highest BCUT2D eigenvalue weighted by molar-refractivity contribution is 5.78. The number of alkyl halides is 3. The van der Waals surface area contributed by atoms with E-state index >= 15 is 0 Å². The number of nitrogens with zero attached hydrogens (tertiary/aromatic N) is 2. The van der Waals surface area contributed by atoms with Crippen molar-refractivity contribution >= 4 is 5.52 Å². The molecular weight excluding hydrogens is 317 g/mol. The first-order valence-electron chi connectivity index (χ1n) is 7.67. The number of methoxy groups -OCH3 is 1. The third-order valence-electron chi connectivity index (χ3n) is 3.86. The zero-order valence-corrected chi connectivity index (χ0v) is 13.4. The van der Waals surface area contributed by atoms with Crippen molar-refractivity contribution in [3.63, 3.8) is 0 Å². The third-order valence-corrected chi connectivity index (χ3v) is 3.86. The van der Waals surface area contributed by atoms with E-state index < -0.39 is 11.7 Å². The van der Waals surface area contributed by atoms with Crippen LogP contribution in [-0.4, -0.2) is 16.5 Å². The van der Waals surface area contributed by atoms with Gasteiger partial charge in [-0.05, 0) is 30.7 Å². The van der Waals surface area contributed by atoms with Crippen LogP contribution in [0, 0.1) is 0 Å². The first-order valence-corrected chi connectivity index (χ1v) is 7.67. The molecule has 0 aliphatic rings. The van der Waals surface area contributed by atoms with Crippen LogP contribution in [0.1, 0.15) is 24.7 Å². The first-order chi connectivity index (χ1) is 11.5. The molecule has 6 heteroatoms. The summed E-state index contributed by atoms with van der Waals surface area (Å²) in [5.41, 5.74) is 1.46. The van der Waals surface area contributed by atoms with Crippen LogP contribution < -0.4 is 4.74 Å². The summed E-state index contributed by atoms with van der Waals surface area (Å²) in [7, 11) is 1.59. The summed E-state index contributed by atoms with van der Waals surface area (Å²) >= 11 is 0. The van der Waals surface area contributed by atoms with E-state index in [9.17, 15) is 13.2 Å². The highest BCUT2D eigenvalue weighted by atomic mass is 19.4. The number of rotatable bonds is 4. The van der Waals surface area contributed by atoms with Crippen LogP contribution >= 0.6 is 0 Å². The number of benzene rings is 1. The Morgan fingerprint density at radius 1 is 1.08 bits per heavy atom. The Kier molecular flexibility index (Phi) is 4.22. The van der Waals surface area contributed by atoms with Gasteiger partial charge < -0.3 is 4.74 Å². The normalized spacial score (nSPS) is 11.9. The minimum absolute atomic E-state index is 0.649. The molecule has 24 heavy (non-hydrogen) atoms. The fourth-order valence-corrected chi connectivity index (χ4v) is 2.76. The quantitative estimate of drug-likeness (QED) is 0.672. The van der Waals surface area contributed by atoms with Gasteiger partial charge in [0.15, 0.2) is 5.88 Å². The van der Waals surface area contributed by atoms with Crippen molar-refractivity contribution in [3.05, 3.63) is 53.9 Å². The predicted octanol–water partition coefficient (Wildman–Crippen LogP) is 4.98. The number of aryl methyl sites for hydroxylation is 1. The Hall–Kier alpha value is -2.50. The van der Waals surface area contributed by atoms with Gasteiger partial charge in [-0.2, -0.15) is 13.2 Å². The lowest BCUT2D eigenvalue weighted by atomic mass is 10.1. The molecular formula is C18H17F3N2O. The van der Waals surface area contributed by atoms with E-state index in [0.29, 0.717) is 17.1 Å². The molecule has 0 spiro atoms. The van der Waals surface area contributed by atoms with Crippen molar-refractivity contribution in [2.45, 2.75) is 25.9 Å². The Bertz CT molecular complexity index is 851. The van der Waals surface area contributed by atoms with Gasteiger partial charge >= 0.3 is 6.18 Å². The van der Waals surface area contributed by atoms with Crippen molar-refractivity contribution in [1.29, 1.82) is 0 Å². The molecule has 0 aliphatic carbocycles. The molecule has 1 aromatic carbocycles. The third kappa shape index (κ3) is 2.84. The van der Waals surface area contributed by atoms with E-state index in [1.54, 1.807) is 7.11 Å². The lowest BCUT2D eigenvalue weighted by Gasteiger charge is -2.07. The maximum atomic E-state index is 12.7. The number of hydrogen-bond donors (Lipinski definition) is 0.